The molecule has 17 heteroatoms. The zero-order valence-corrected chi connectivity index (χ0v) is 19.8. The van der Waals surface area contributed by atoms with Gasteiger partial charge in [0.2, 0.25) is 5.91 Å². The van der Waals surface area contributed by atoms with Crippen molar-refractivity contribution < 1.29 is 74.4 Å². The third kappa shape index (κ3) is 6.38. The number of nitrogens with two attached hydrogens (primary N) is 1. The van der Waals surface area contributed by atoms with Crippen LogP contribution in [0.3, 0.4) is 0 Å². The molecule has 3 aliphatic heterocycles. The van der Waals surface area contributed by atoms with Gasteiger partial charge < -0.3 is 80.7 Å². The van der Waals surface area contributed by atoms with Gasteiger partial charge in [-0.25, -0.2) is 0 Å². The maximum Gasteiger partial charge on any atom is 0.217 e. The van der Waals surface area contributed by atoms with Crippen LogP contribution < -0.4 is 11.1 Å². The van der Waals surface area contributed by atoms with Crippen LogP contribution in [0.25, 0.3) is 0 Å². The summed E-state index contributed by atoms with van der Waals surface area (Å²) in [6.45, 7) is -1.07. The van der Waals surface area contributed by atoms with E-state index >= 15 is 0 Å². The van der Waals surface area contributed by atoms with Gasteiger partial charge in [0, 0.05) is 6.92 Å². The summed E-state index contributed by atoms with van der Waals surface area (Å²) in [6.07, 6.45) is -22.4. The van der Waals surface area contributed by atoms with E-state index in [2.05, 4.69) is 5.32 Å². The highest BCUT2D eigenvalue weighted by Gasteiger charge is 2.53. The lowest BCUT2D eigenvalue weighted by Crippen LogP contribution is -2.69. The molecule has 0 radical (unpaired) electrons. The molecule has 17 nitrogen and oxygen atoms in total. The Morgan fingerprint density at radius 3 is 1.76 bits per heavy atom. The van der Waals surface area contributed by atoms with Crippen molar-refractivity contribution in [2.75, 3.05) is 19.8 Å². The van der Waals surface area contributed by atoms with Crippen LogP contribution in [0.4, 0.5) is 0 Å². The van der Waals surface area contributed by atoms with Crippen LogP contribution in [-0.2, 0) is 28.5 Å². The highest BCUT2D eigenvalue weighted by atomic mass is 16.7. The maximum atomic E-state index is 11.5. The van der Waals surface area contributed by atoms with Crippen LogP contribution in [0.5, 0.6) is 0 Å². The second-order valence-electron chi connectivity index (χ2n) is 9.14. The predicted octanol–water partition coefficient (Wildman–Crippen LogP) is -7.46. The topological polar surface area (TPSA) is 283 Å². The van der Waals surface area contributed by atoms with Gasteiger partial charge >= 0.3 is 0 Å². The summed E-state index contributed by atoms with van der Waals surface area (Å²) in [5.41, 5.74) is 5.83. The Hall–Kier alpha value is -1.13. The Bertz CT molecular complexity index is 749. The maximum absolute atomic E-state index is 11.5. The minimum atomic E-state index is -1.88. The van der Waals surface area contributed by atoms with E-state index in [0.29, 0.717) is 0 Å². The van der Waals surface area contributed by atoms with Gasteiger partial charge in [-0.3, -0.25) is 4.79 Å². The molecule has 3 fully saturated rings. The number of aliphatic hydroxyl groups excluding tert-OH is 9. The van der Waals surface area contributed by atoms with Gasteiger partial charge in [-0.1, -0.05) is 0 Å². The molecule has 3 aliphatic rings. The fraction of sp³-hybridized carbons (Fsp3) is 0.950. The van der Waals surface area contributed by atoms with Crippen molar-refractivity contribution in [1.82, 2.24) is 5.32 Å². The Balaban J connectivity index is 1.80. The van der Waals surface area contributed by atoms with E-state index in [1.165, 1.54) is 6.92 Å². The number of rotatable bonds is 8. The Kier molecular flexibility index (Phi) is 10.5. The molecule has 12 N–H and O–H groups in total. The summed E-state index contributed by atoms with van der Waals surface area (Å²) >= 11 is 0. The van der Waals surface area contributed by atoms with E-state index in [4.69, 9.17) is 29.4 Å². The van der Waals surface area contributed by atoms with Crippen molar-refractivity contribution >= 4 is 5.91 Å². The lowest BCUT2D eigenvalue weighted by Gasteiger charge is -2.48. The van der Waals surface area contributed by atoms with E-state index in [1.54, 1.807) is 0 Å². The minimum absolute atomic E-state index is 0.547. The summed E-state index contributed by atoms with van der Waals surface area (Å²) < 4.78 is 27.3. The molecule has 3 saturated heterocycles. The number of aliphatic hydroxyl groups is 9. The highest BCUT2D eigenvalue weighted by molar-refractivity contribution is 5.73. The average Bonchev–Trinajstić information content (AvgIpc) is 2.86. The zero-order valence-electron chi connectivity index (χ0n) is 19.8. The summed E-state index contributed by atoms with van der Waals surface area (Å²) in [5.74, 6) is -0.547. The second-order valence-corrected chi connectivity index (χ2v) is 9.14. The molecule has 0 aromatic heterocycles. The minimum Gasteiger partial charge on any atom is -0.394 e. The normalized spacial score (nSPS) is 49.0. The first-order chi connectivity index (χ1) is 17.4. The number of nitrogens with one attached hydrogen (secondary N) is 1. The lowest BCUT2D eigenvalue weighted by atomic mass is 9.94. The van der Waals surface area contributed by atoms with E-state index in [9.17, 15) is 50.8 Å². The first-order valence-corrected chi connectivity index (χ1v) is 11.7. The molecule has 37 heavy (non-hydrogen) atoms. The molecule has 0 spiro atoms. The molecular formula is C20H36N2O15. The second kappa shape index (κ2) is 12.8. The van der Waals surface area contributed by atoms with Gasteiger partial charge in [-0.2, -0.15) is 0 Å². The van der Waals surface area contributed by atoms with E-state index < -0.39 is 118 Å². The van der Waals surface area contributed by atoms with Gasteiger partial charge in [0.05, 0.1) is 25.9 Å². The molecule has 0 aromatic carbocycles. The molecule has 0 aliphatic carbocycles. The van der Waals surface area contributed by atoms with Crippen LogP contribution >= 0.6 is 0 Å². The third-order valence-corrected chi connectivity index (χ3v) is 6.56. The molecule has 3 rings (SSSR count). The number of hydrogen-bond acceptors (Lipinski definition) is 16. The molecule has 1 unspecified atom stereocenters. The monoisotopic (exact) mass is 544 g/mol. The first kappa shape index (κ1) is 30.4. The number of carbonyl (C=O) groups excluding carboxylic acids is 1. The molecule has 1 amide bonds. The Labute approximate surface area is 210 Å². The van der Waals surface area contributed by atoms with Crippen molar-refractivity contribution in [3.05, 3.63) is 0 Å². The molecule has 0 aromatic rings. The van der Waals surface area contributed by atoms with Crippen molar-refractivity contribution in [3.63, 3.8) is 0 Å². The van der Waals surface area contributed by atoms with Crippen molar-refractivity contribution in [2.45, 2.75) is 98.9 Å². The molecule has 0 bridgehead atoms. The van der Waals surface area contributed by atoms with Crippen LogP contribution in [0.1, 0.15) is 6.92 Å². The smallest absolute Gasteiger partial charge is 0.217 e. The van der Waals surface area contributed by atoms with Crippen molar-refractivity contribution in [2.24, 2.45) is 5.73 Å². The van der Waals surface area contributed by atoms with Crippen molar-refractivity contribution in [1.29, 1.82) is 0 Å². The lowest BCUT2D eigenvalue weighted by molar-refractivity contribution is -0.371. The summed E-state index contributed by atoms with van der Waals surface area (Å²) in [5, 5.41) is 93.7. The fourth-order valence-corrected chi connectivity index (χ4v) is 4.52. The Morgan fingerprint density at radius 1 is 0.703 bits per heavy atom. The van der Waals surface area contributed by atoms with E-state index in [1.807, 2.05) is 0 Å². The third-order valence-electron chi connectivity index (χ3n) is 6.56. The van der Waals surface area contributed by atoms with E-state index in [-0.39, 0.29) is 0 Å². The summed E-state index contributed by atoms with van der Waals surface area (Å²) in [4.78, 5) is 11.5. The largest absolute Gasteiger partial charge is 0.394 e. The number of ether oxygens (including phenoxy) is 5. The SMILES string of the molecule is CC(=O)N[C@H]1C(N)O[C@H](CO)[C@@H](O[C@@H]2O[C@H](CO)[C@H](O)[C@H](O[C@H]3O[C@H](CO)[C@H](O)[C@H](O)[C@H]3O)[C@H]2O)[C@@H]1O. The van der Waals surface area contributed by atoms with Crippen molar-refractivity contribution in [3.8, 4) is 0 Å². The van der Waals surface area contributed by atoms with Crippen LogP contribution in [0, 0.1) is 0 Å². The summed E-state index contributed by atoms with van der Waals surface area (Å²) in [6, 6.07) is -1.17. The summed E-state index contributed by atoms with van der Waals surface area (Å²) in [7, 11) is 0. The number of carbonyl (C=O) groups is 1. The molecule has 15 atom stereocenters. The van der Waals surface area contributed by atoms with Crippen LogP contribution in [0.15, 0.2) is 0 Å². The van der Waals surface area contributed by atoms with Gasteiger partial charge in [0.1, 0.15) is 73.4 Å². The zero-order chi connectivity index (χ0) is 27.6. The van der Waals surface area contributed by atoms with Gasteiger partial charge in [0.15, 0.2) is 12.6 Å². The molecule has 0 saturated carbocycles. The van der Waals surface area contributed by atoms with Gasteiger partial charge in [-0.05, 0) is 0 Å². The first-order valence-electron chi connectivity index (χ1n) is 11.7. The number of hydrogen-bond donors (Lipinski definition) is 11. The van der Waals surface area contributed by atoms with Crippen LogP contribution in [-0.4, -0.2) is 164 Å². The van der Waals surface area contributed by atoms with Gasteiger partial charge in [0.25, 0.3) is 0 Å². The Morgan fingerprint density at radius 2 is 1.22 bits per heavy atom. The molecule has 216 valence electrons. The van der Waals surface area contributed by atoms with Gasteiger partial charge in [-0.15, -0.1) is 0 Å². The number of amides is 1. The highest BCUT2D eigenvalue weighted by Crippen LogP contribution is 2.32. The quantitative estimate of drug-likeness (QED) is 0.135. The standard InChI is InChI=1S/C20H36N2O15/c1-5(26)22-9-12(29)16(8(4-25)33-18(9)21)36-20-15(32)17(11(28)7(3-24)35-20)37-19-14(31)13(30)10(27)6(2-23)34-19/h6-20,23-25,27-32H,2-4,21H2,1H3,(H,22,26)/t6-,7-,8-,9-,10+,11+,12-,13+,14-,15-,16-,17+,18?,19-,20+/m1/s1. The van der Waals surface area contributed by atoms with Crippen LogP contribution in [0.2, 0.25) is 0 Å². The predicted molar refractivity (Wildman–Crippen MR) is 115 cm³/mol. The average molecular weight is 545 g/mol. The fourth-order valence-electron chi connectivity index (χ4n) is 4.52. The molecule has 3 heterocycles. The molecular weight excluding hydrogens is 508 g/mol. The van der Waals surface area contributed by atoms with E-state index in [0.717, 1.165) is 0 Å².